The number of amides is 1. The van der Waals surface area contributed by atoms with Gasteiger partial charge in [-0.05, 0) is 44.0 Å². The van der Waals surface area contributed by atoms with Crippen molar-refractivity contribution in [2.75, 3.05) is 33.3 Å². The van der Waals surface area contributed by atoms with Gasteiger partial charge in [0.2, 0.25) is 0 Å². The van der Waals surface area contributed by atoms with E-state index in [1.165, 1.54) is 0 Å². The highest BCUT2D eigenvalue weighted by atomic mass is 16.5. The average Bonchev–Trinajstić information content (AvgIpc) is 2.69. The molecule has 0 heterocycles. The normalized spacial score (nSPS) is 11.8. The summed E-state index contributed by atoms with van der Waals surface area (Å²) in [4.78, 5) is 16.7. The van der Waals surface area contributed by atoms with Gasteiger partial charge in [-0.1, -0.05) is 26.7 Å². The predicted octanol–water partition coefficient (Wildman–Crippen LogP) is 2.31. The zero-order chi connectivity index (χ0) is 20.8. The molecular formula is C21H36N4O3. The lowest BCUT2D eigenvalue weighted by molar-refractivity contribution is 0.0306. The molecule has 0 spiro atoms. The van der Waals surface area contributed by atoms with Crippen molar-refractivity contribution < 1.29 is 14.6 Å². The highest BCUT2D eigenvalue weighted by Gasteiger charge is 2.24. The first-order chi connectivity index (χ1) is 13.5. The number of methoxy groups -OCH3 is 1. The average molecular weight is 393 g/mol. The van der Waals surface area contributed by atoms with Gasteiger partial charge in [0.05, 0.1) is 19.3 Å². The topological polar surface area (TPSA) is 95.0 Å². The van der Waals surface area contributed by atoms with E-state index >= 15 is 0 Å². The largest absolute Gasteiger partial charge is 0.497 e. The molecule has 0 aliphatic rings. The molecule has 0 aliphatic carbocycles. The second kappa shape index (κ2) is 13.0. The molecule has 7 heteroatoms. The van der Waals surface area contributed by atoms with Crippen LogP contribution >= 0.6 is 0 Å². The Hall–Kier alpha value is -2.28. The molecule has 0 saturated heterocycles. The summed E-state index contributed by atoms with van der Waals surface area (Å²) in [6.07, 6.45) is 3.32. The van der Waals surface area contributed by atoms with Gasteiger partial charge >= 0.3 is 0 Å². The Morgan fingerprint density at radius 3 is 2.18 bits per heavy atom. The van der Waals surface area contributed by atoms with Crippen LogP contribution in [0.15, 0.2) is 29.3 Å². The summed E-state index contributed by atoms with van der Waals surface area (Å²) in [6.45, 7) is 8.22. The van der Waals surface area contributed by atoms with Crippen LogP contribution in [0.2, 0.25) is 0 Å². The van der Waals surface area contributed by atoms with E-state index in [9.17, 15) is 9.90 Å². The number of aliphatic imine (C=N–C) groups is 1. The smallest absolute Gasteiger partial charge is 0.251 e. The van der Waals surface area contributed by atoms with Crippen LogP contribution in [0.25, 0.3) is 0 Å². The molecule has 0 bridgehead atoms. The number of rotatable bonds is 12. The summed E-state index contributed by atoms with van der Waals surface area (Å²) in [5.41, 5.74) is -0.167. The van der Waals surface area contributed by atoms with Crippen LogP contribution in [0.1, 0.15) is 56.8 Å². The summed E-state index contributed by atoms with van der Waals surface area (Å²) < 4.78 is 5.09. The first-order valence-corrected chi connectivity index (χ1v) is 10.1. The Morgan fingerprint density at radius 2 is 1.64 bits per heavy atom. The highest BCUT2D eigenvalue weighted by Crippen LogP contribution is 2.19. The van der Waals surface area contributed by atoms with Crippen LogP contribution in [-0.4, -0.2) is 55.9 Å². The quantitative estimate of drug-likeness (QED) is 0.249. The van der Waals surface area contributed by atoms with E-state index in [1.54, 1.807) is 31.4 Å². The van der Waals surface area contributed by atoms with E-state index in [4.69, 9.17) is 4.74 Å². The van der Waals surface area contributed by atoms with Crippen molar-refractivity contribution in [3.63, 3.8) is 0 Å². The van der Waals surface area contributed by atoms with Crippen LogP contribution < -0.4 is 20.7 Å². The first-order valence-electron chi connectivity index (χ1n) is 10.1. The van der Waals surface area contributed by atoms with Crippen molar-refractivity contribution in [1.82, 2.24) is 16.0 Å². The fourth-order valence-corrected chi connectivity index (χ4v) is 2.98. The van der Waals surface area contributed by atoms with E-state index in [0.29, 0.717) is 31.2 Å². The van der Waals surface area contributed by atoms with Crippen molar-refractivity contribution in [1.29, 1.82) is 0 Å². The molecule has 1 aromatic carbocycles. The highest BCUT2D eigenvalue weighted by molar-refractivity contribution is 5.94. The number of aliphatic hydroxyl groups is 1. The Labute approximate surface area is 169 Å². The maximum atomic E-state index is 12.2. The van der Waals surface area contributed by atoms with E-state index in [2.05, 4.69) is 34.8 Å². The summed E-state index contributed by atoms with van der Waals surface area (Å²) in [5.74, 6) is 1.23. The molecular weight excluding hydrogens is 356 g/mol. The molecule has 4 N–H and O–H groups in total. The van der Waals surface area contributed by atoms with Crippen molar-refractivity contribution in [3.8, 4) is 5.75 Å². The lowest BCUT2D eigenvalue weighted by Gasteiger charge is -2.26. The monoisotopic (exact) mass is 392 g/mol. The van der Waals surface area contributed by atoms with Crippen molar-refractivity contribution in [2.45, 2.75) is 52.1 Å². The van der Waals surface area contributed by atoms with Gasteiger partial charge in [0.1, 0.15) is 5.75 Å². The fourth-order valence-electron chi connectivity index (χ4n) is 2.98. The standard InChI is InChI=1S/C21H36N4O3/c1-5-12-21(27,13-6-2)16-25-20(22-7-3)24-15-14-23-19(26)17-8-10-18(28-4)11-9-17/h8-11,27H,5-7,12-16H2,1-4H3,(H,23,26)(H2,22,24,25). The number of hydrogen-bond acceptors (Lipinski definition) is 4. The van der Waals surface area contributed by atoms with Gasteiger partial charge < -0.3 is 25.8 Å². The van der Waals surface area contributed by atoms with Gasteiger partial charge in [0.25, 0.3) is 5.91 Å². The van der Waals surface area contributed by atoms with Gasteiger partial charge in [-0.15, -0.1) is 0 Å². The number of guanidine groups is 1. The molecule has 1 amide bonds. The molecule has 1 aromatic rings. The van der Waals surface area contributed by atoms with Gasteiger partial charge in [-0.2, -0.15) is 0 Å². The Morgan fingerprint density at radius 1 is 1.04 bits per heavy atom. The zero-order valence-electron chi connectivity index (χ0n) is 17.7. The molecule has 1 rings (SSSR count). The zero-order valence-corrected chi connectivity index (χ0v) is 17.7. The Bertz CT molecular complexity index is 596. The summed E-state index contributed by atoms with van der Waals surface area (Å²) >= 11 is 0. The molecule has 0 radical (unpaired) electrons. The number of ether oxygens (including phenoxy) is 1. The summed E-state index contributed by atoms with van der Waals surface area (Å²) in [5, 5.41) is 19.9. The molecule has 0 fully saturated rings. The Balaban J connectivity index is 2.50. The van der Waals surface area contributed by atoms with Crippen molar-refractivity contribution >= 4 is 11.9 Å². The lowest BCUT2D eigenvalue weighted by atomic mass is 9.93. The number of nitrogens with one attached hydrogen (secondary N) is 3. The first kappa shape index (κ1) is 23.8. The number of benzene rings is 1. The third-order valence-electron chi connectivity index (χ3n) is 4.36. The molecule has 158 valence electrons. The van der Waals surface area contributed by atoms with Crippen LogP contribution in [0.5, 0.6) is 5.75 Å². The SMILES string of the molecule is CCCC(O)(CCC)CN=C(NCC)NCCNC(=O)c1ccc(OC)cc1. The minimum Gasteiger partial charge on any atom is -0.497 e. The predicted molar refractivity (Wildman–Crippen MR) is 114 cm³/mol. The lowest BCUT2D eigenvalue weighted by Crippen LogP contribution is -2.43. The molecule has 0 atom stereocenters. The van der Waals surface area contributed by atoms with E-state index in [1.807, 2.05) is 6.92 Å². The van der Waals surface area contributed by atoms with E-state index < -0.39 is 5.60 Å². The van der Waals surface area contributed by atoms with Gasteiger partial charge in [-0.25, -0.2) is 0 Å². The second-order valence-electron chi connectivity index (χ2n) is 6.83. The number of nitrogens with zero attached hydrogens (tertiary/aromatic N) is 1. The molecule has 0 saturated carbocycles. The fraction of sp³-hybridized carbons (Fsp3) is 0.619. The maximum Gasteiger partial charge on any atom is 0.251 e. The second-order valence-corrected chi connectivity index (χ2v) is 6.83. The van der Waals surface area contributed by atoms with Crippen LogP contribution in [0, 0.1) is 0 Å². The van der Waals surface area contributed by atoms with E-state index in [0.717, 1.165) is 38.0 Å². The minimum absolute atomic E-state index is 0.133. The Kier molecular flexibility index (Phi) is 11.0. The van der Waals surface area contributed by atoms with Gasteiger partial charge in [-0.3, -0.25) is 9.79 Å². The molecule has 0 aromatic heterocycles. The molecule has 7 nitrogen and oxygen atoms in total. The van der Waals surface area contributed by atoms with Gasteiger partial charge in [0.15, 0.2) is 5.96 Å². The molecule has 28 heavy (non-hydrogen) atoms. The number of carbonyl (C=O) groups is 1. The third kappa shape index (κ3) is 8.61. The van der Waals surface area contributed by atoms with E-state index in [-0.39, 0.29) is 5.91 Å². The molecule has 0 aliphatic heterocycles. The summed E-state index contributed by atoms with van der Waals surface area (Å²) in [7, 11) is 1.59. The number of carbonyl (C=O) groups excluding carboxylic acids is 1. The van der Waals surface area contributed by atoms with Crippen LogP contribution in [0.4, 0.5) is 0 Å². The molecule has 0 unspecified atom stereocenters. The van der Waals surface area contributed by atoms with Crippen molar-refractivity contribution in [3.05, 3.63) is 29.8 Å². The van der Waals surface area contributed by atoms with Crippen LogP contribution in [-0.2, 0) is 0 Å². The number of hydrogen-bond donors (Lipinski definition) is 4. The van der Waals surface area contributed by atoms with Gasteiger partial charge in [0, 0.05) is 25.2 Å². The third-order valence-corrected chi connectivity index (χ3v) is 4.36. The summed E-state index contributed by atoms with van der Waals surface area (Å²) in [6, 6.07) is 6.98. The maximum absolute atomic E-state index is 12.2. The minimum atomic E-state index is -0.756. The van der Waals surface area contributed by atoms with Crippen LogP contribution in [0.3, 0.4) is 0 Å². The van der Waals surface area contributed by atoms with Crippen molar-refractivity contribution in [2.24, 2.45) is 4.99 Å².